The van der Waals surface area contributed by atoms with Crippen LogP contribution in [0.15, 0.2) is 72.9 Å². The third-order valence-electron chi connectivity index (χ3n) is 6.14. The summed E-state index contributed by atoms with van der Waals surface area (Å²) in [5.74, 6) is -1.14. The molecule has 0 bridgehead atoms. The number of aliphatic carboxylic acids is 1. The molecule has 0 amide bonds. The van der Waals surface area contributed by atoms with Gasteiger partial charge in [0, 0.05) is 17.8 Å². The second-order valence-corrected chi connectivity index (χ2v) is 8.20. The second kappa shape index (κ2) is 8.82. The Morgan fingerprint density at radius 1 is 1.03 bits per heavy atom. The van der Waals surface area contributed by atoms with E-state index in [9.17, 15) is 9.18 Å². The number of carboxylic acid groups (broad SMARTS) is 1. The lowest BCUT2D eigenvalue weighted by Crippen LogP contribution is -2.15. The normalized spacial score (nSPS) is 14.9. The molecule has 164 valence electrons. The Kier molecular flexibility index (Phi) is 5.57. The van der Waals surface area contributed by atoms with Crippen molar-refractivity contribution in [2.45, 2.75) is 19.3 Å². The Morgan fingerprint density at radius 2 is 1.82 bits per heavy atom. The second-order valence-electron chi connectivity index (χ2n) is 8.20. The molecule has 0 radical (unpaired) electrons. The van der Waals surface area contributed by atoms with E-state index in [0.29, 0.717) is 22.5 Å². The number of H-pyrrole nitrogens is 1. The van der Waals surface area contributed by atoms with Crippen LogP contribution in [0.4, 0.5) is 4.39 Å². The largest absolute Gasteiger partial charge is 0.478 e. The van der Waals surface area contributed by atoms with Gasteiger partial charge in [0.05, 0.1) is 16.6 Å². The van der Waals surface area contributed by atoms with E-state index in [1.165, 1.54) is 18.1 Å². The van der Waals surface area contributed by atoms with E-state index < -0.39 is 11.9 Å². The number of aromatic amines is 1. The number of fused-ring (bicyclic) bond motifs is 1. The van der Waals surface area contributed by atoms with Crippen molar-refractivity contribution in [3.8, 4) is 0 Å². The summed E-state index contributed by atoms with van der Waals surface area (Å²) in [6.45, 7) is 0. The number of benzene rings is 2. The van der Waals surface area contributed by atoms with Gasteiger partial charge in [-0.2, -0.15) is 4.39 Å². The molecule has 0 spiro atoms. The molecule has 0 aliphatic heterocycles. The fourth-order valence-corrected chi connectivity index (χ4v) is 4.32. The molecule has 2 aromatic heterocycles. The highest BCUT2D eigenvalue weighted by molar-refractivity contribution is 6.01. The molecule has 1 saturated carbocycles. The third kappa shape index (κ3) is 4.20. The zero-order valence-corrected chi connectivity index (χ0v) is 17.8. The van der Waals surface area contributed by atoms with Gasteiger partial charge in [-0.25, -0.2) is 4.79 Å². The summed E-state index contributed by atoms with van der Waals surface area (Å²) >= 11 is 0. The Bertz CT molecular complexity index is 1370. The monoisotopic (exact) mass is 439 g/mol. The molecule has 2 N–H and O–H groups in total. The number of rotatable bonds is 6. The van der Waals surface area contributed by atoms with Crippen molar-refractivity contribution in [3.63, 3.8) is 0 Å². The number of nitrogens with one attached hydrogen (secondary N) is 1. The third-order valence-corrected chi connectivity index (χ3v) is 6.14. The lowest BCUT2D eigenvalue weighted by Gasteiger charge is -2.31. The van der Waals surface area contributed by atoms with Gasteiger partial charge >= 0.3 is 5.97 Å². The average Bonchev–Trinajstić information content (AvgIpc) is 3.17. The summed E-state index contributed by atoms with van der Waals surface area (Å²) in [6, 6.07) is 19.7. The minimum Gasteiger partial charge on any atom is -0.478 e. The molecule has 2 heterocycles. The minimum absolute atomic E-state index is 0.402. The van der Waals surface area contributed by atoms with Crippen LogP contribution in [0.1, 0.15) is 41.6 Å². The van der Waals surface area contributed by atoms with Gasteiger partial charge in [-0.1, -0.05) is 48.9 Å². The van der Waals surface area contributed by atoms with Crippen molar-refractivity contribution < 1.29 is 14.3 Å². The molecule has 33 heavy (non-hydrogen) atoms. The fraction of sp³-hybridized carbons (Fsp3) is 0.148. The smallest absolute Gasteiger partial charge is 0.328 e. The predicted octanol–water partition coefficient (Wildman–Crippen LogP) is 5.95. The Morgan fingerprint density at radius 3 is 2.48 bits per heavy atom. The number of aromatic nitrogens is 3. The van der Waals surface area contributed by atoms with Crippen molar-refractivity contribution >= 4 is 34.1 Å². The summed E-state index contributed by atoms with van der Waals surface area (Å²) in [5, 5.41) is 15.8. The summed E-state index contributed by atoms with van der Waals surface area (Å²) in [6.07, 6.45) is 7.67. The van der Waals surface area contributed by atoms with Gasteiger partial charge in [0.25, 0.3) is 0 Å². The maximum Gasteiger partial charge on any atom is 0.328 e. The van der Waals surface area contributed by atoms with Crippen LogP contribution < -0.4 is 0 Å². The molecule has 1 aliphatic rings. The van der Waals surface area contributed by atoms with E-state index >= 15 is 0 Å². The number of hydrogen-bond donors (Lipinski definition) is 2. The van der Waals surface area contributed by atoms with Gasteiger partial charge in [0.15, 0.2) is 0 Å². The molecule has 4 aromatic rings. The lowest BCUT2D eigenvalue weighted by molar-refractivity contribution is -0.131. The van der Waals surface area contributed by atoms with E-state index in [1.54, 1.807) is 12.3 Å². The number of allylic oxidation sites excluding steroid dienone is 1. The van der Waals surface area contributed by atoms with Gasteiger partial charge in [-0.05, 0) is 65.3 Å². The molecule has 6 heteroatoms. The van der Waals surface area contributed by atoms with Gasteiger partial charge in [-0.15, -0.1) is 5.10 Å². The minimum atomic E-state index is -1.02. The average molecular weight is 439 g/mol. The molecule has 0 saturated heterocycles. The maximum absolute atomic E-state index is 14.3. The first-order valence-electron chi connectivity index (χ1n) is 10.9. The van der Waals surface area contributed by atoms with E-state index in [2.05, 4.69) is 27.3 Å². The molecule has 0 atom stereocenters. The highest BCUT2D eigenvalue weighted by Crippen LogP contribution is 2.45. The van der Waals surface area contributed by atoms with Gasteiger partial charge < -0.3 is 5.11 Å². The summed E-state index contributed by atoms with van der Waals surface area (Å²) < 4.78 is 14.3. The standard InChI is InChI=1S/C27H22FN3O2/c28-27-22-15-19(10-13-23(22)30-31-27)26(20-9-11-21(29-16-20)12-14-24(32)33)25(18-7-4-8-18)17-5-2-1-3-6-17/h1-3,5-6,9-16,18H,4,7-8H2,(H,30,31)(H,32,33)/b14-12?,26-25+. The topological polar surface area (TPSA) is 78.9 Å². The highest BCUT2D eigenvalue weighted by atomic mass is 19.1. The van der Waals surface area contributed by atoms with Crippen molar-refractivity contribution in [3.05, 3.63) is 101 Å². The Hall–Kier alpha value is -4.06. The zero-order chi connectivity index (χ0) is 22.8. The van der Waals surface area contributed by atoms with Crippen LogP contribution in [0.2, 0.25) is 0 Å². The fourth-order valence-electron chi connectivity index (χ4n) is 4.32. The number of hydrogen-bond acceptors (Lipinski definition) is 3. The van der Waals surface area contributed by atoms with Crippen LogP contribution in [-0.4, -0.2) is 26.3 Å². The number of pyridine rings is 1. The number of nitrogens with zero attached hydrogens (tertiary/aromatic N) is 2. The van der Waals surface area contributed by atoms with Crippen LogP contribution in [-0.2, 0) is 4.79 Å². The molecule has 2 aromatic carbocycles. The van der Waals surface area contributed by atoms with Crippen molar-refractivity contribution in [1.82, 2.24) is 15.2 Å². The molecular weight excluding hydrogens is 417 g/mol. The zero-order valence-electron chi connectivity index (χ0n) is 17.8. The van der Waals surface area contributed by atoms with Gasteiger partial charge in [0.1, 0.15) is 0 Å². The number of carbonyl (C=O) groups is 1. The molecule has 1 aliphatic carbocycles. The van der Waals surface area contributed by atoms with Crippen LogP contribution in [0.3, 0.4) is 0 Å². The number of halogens is 1. The van der Waals surface area contributed by atoms with Crippen LogP contribution in [0.25, 0.3) is 28.1 Å². The molecule has 5 rings (SSSR count). The van der Waals surface area contributed by atoms with E-state index in [4.69, 9.17) is 5.11 Å². The lowest BCUT2D eigenvalue weighted by atomic mass is 9.73. The van der Waals surface area contributed by atoms with Crippen molar-refractivity contribution in [2.75, 3.05) is 0 Å². The Labute approximate surface area is 190 Å². The van der Waals surface area contributed by atoms with E-state index in [-0.39, 0.29) is 0 Å². The van der Waals surface area contributed by atoms with Gasteiger partial charge in [0.2, 0.25) is 5.95 Å². The molecule has 5 nitrogen and oxygen atoms in total. The first-order valence-corrected chi connectivity index (χ1v) is 10.9. The molecule has 1 fully saturated rings. The Balaban J connectivity index is 1.73. The maximum atomic E-state index is 14.3. The van der Waals surface area contributed by atoms with Crippen molar-refractivity contribution in [2.24, 2.45) is 5.92 Å². The molecular formula is C27H22FN3O2. The van der Waals surface area contributed by atoms with Gasteiger partial charge in [-0.3, -0.25) is 10.1 Å². The van der Waals surface area contributed by atoms with Crippen LogP contribution >= 0.6 is 0 Å². The van der Waals surface area contributed by atoms with E-state index in [0.717, 1.165) is 41.2 Å². The summed E-state index contributed by atoms with van der Waals surface area (Å²) in [7, 11) is 0. The highest BCUT2D eigenvalue weighted by Gasteiger charge is 2.27. The van der Waals surface area contributed by atoms with E-state index in [1.807, 2.05) is 42.5 Å². The summed E-state index contributed by atoms with van der Waals surface area (Å²) in [5.41, 5.74) is 6.37. The predicted molar refractivity (Wildman–Crippen MR) is 127 cm³/mol. The molecule has 0 unspecified atom stereocenters. The van der Waals surface area contributed by atoms with Crippen LogP contribution in [0, 0.1) is 11.9 Å². The summed E-state index contributed by atoms with van der Waals surface area (Å²) in [4.78, 5) is 15.3. The SMILES string of the molecule is O=C(O)C=Cc1ccc(/C(=C(\c2ccccc2)C2CCC2)c2ccc3[nH]nc(F)c3c2)cn1. The van der Waals surface area contributed by atoms with Crippen LogP contribution in [0.5, 0.6) is 0 Å². The first-order chi connectivity index (χ1) is 16.1. The van der Waals surface area contributed by atoms with Crippen molar-refractivity contribution in [1.29, 1.82) is 0 Å². The quantitative estimate of drug-likeness (QED) is 0.287. The first kappa shape index (κ1) is 20.8. The number of carboxylic acids is 1.